The van der Waals surface area contributed by atoms with E-state index >= 15 is 0 Å². The van der Waals surface area contributed by atoms with Crippen LogP contribution in [0.5, 0.6) is 0 Å². The molecule has 7 heteroatoms. The average Bonchev–Trinajstić information content (AvgIpc) is 3.13. The number of rotatable bonds is 8. The minimum Gasteiger partial charge on any atom is -0.459 e. The molecule has 1 atom stereocenters. The molecule has 0 aromatic carbocycles. The van der Waals surface area contributed by atoms with E-state index in [1.807, 2.05) is 18.2 Å². The van der Waals surface area contributed by atoms with Gasteiger partial charge in [-0.15, -0.1) is 0 Å². The number of hydrogen-bond donors (Lipinski definition) is 1. The second-order valence-electron chi connectivity index (χ2n) is 5.25. The van der Waals surface area contributed by atoms with E-state index < -0.39 is 11.9 Å². The van der Waals surface area contributed by atoms with E-state index in [9.17, 15) is 9.59 Å². The van der Waals surface area contributed by atoms with Gasteiger partial charge < -0.3 is 19.4 Å². The lowest BCUT2D eigenvalue weighted by atomic mass is 10.2. The summed E-state index contributed by atoms with van der Waals surface area (Å²) >= 11 is 0. The van der Waals surface area contributed by atoms with Gasteiger partial charge in [0.2, 0.25) is 5.91 Å². The lowest BCUT2D eigenvalue weighted by molar-refractivity contribution is -0.134. The summed E-state index contributed by atoms with van der Waals surface area (Å²) < 4.78 is 10.1. The first kappa shape index (κ1) is 17.7. The number of carbonyl (C=O) groups excluding carboxylic acids is 2. The molecule has 2 aromatic rings. The zero-order chi connectivity index (χ0) is 17.4. The molecule has 2 heterocycles. The largest absolute Gasteiger partial charge is 0.459 e. The summed E-state index contributed by atoms with van der Waals surface area (Å²) in [6.45, 7) is 2.80. The highest BCUT2D eigenvalue weighted by Crippen LogP contribution is 2.06. The molecule has 0 spiro atoms. The van der Waals surface area contributed by atoms with Crippen molar-refractivity contribution in [2.45, 2.75) is 19.5 Å². The number of pyridine rings is 1. The normalized spacial score (nSPS) is 11.8. The molecule has 0 aliphatic rings. The SMILES string of the molecule is COCCN(Cc1ccccn1)C(=O)[C@H](C)NC(=O)c1ccco1. The molecule has 1 N–H and O–H groups in total. The van der Waals surface area contributed by atoms with E-state index in [1.54, 1.807) is 37.3 Å². The molecule has 2 amide bonds. The molecule has 0 radical (unpaired) electrons. The lowest BCUT2D eigenvalue weighted by Crippen LogP contribution is -2.47. The van der Waals surface area contributed by atoms with Gasteiger partial charge in [-0.05, 0) is 31.2 Å². The number of aromatic nitrogens is 1. The maximum absolute atomic E-state index is 12.7. The van der Waals surface area contributed by atoms with Crippen LogP contribution in [0.4, 0.5) is 0 Å². The van der Waals surface area contributed by atoms with Crippen molar-refractivity contribution in [2.24, 2.45) is 0 Å². The third kappa shape index (κ3) is 4.92. The monoisotopic (exact) mass is 331 g/mol. The van der Waals surface area contributed by atoms with Gasteiger partial charge in [-0.1, -0.05) is 6.07 Å². The van der Waals surface area contributed by atoms with Crippen molar-refractivity contribution in [2.75, 3.05) is 20.3 Å². The number of furan rings is 1. The van der Waals surface area contributed by atoms with Gasteiger partial charge in [-0.3, -0.25) is 14.6 Å². The fourth-order valence-electron chi connectivity index (χ4n) is 2.17. The third-order valence-electron chi connectivity index (χ3n) is 3.42. The smallest absolute Gasteiger partial charge is 0.287 e. The highest BCUT2D eigenvalue weighted by molar-refractivity contribution is 5.95. The predicted molar refractivity (Wildman–Crippen MR) is 87.2 cm³/mol. The first-order valence-electron chi connectivity index (χ1n) is 7.64. The molecular formula is C17H21N3O4. The Kier molecular flexibility index (Phi) is 6.51. The van der Waals surface area contributed by atoms with Gasteiger partial charge in [0.1, 0.15) is 6.04 Å². The highest BCUT2D eigenvalue weighted by atomic mass is 16.5. The first-order valence-corrected chi connectivity index (χ1v) is 7.64. The van der Waals surface area contributed by atoms with Crippen LogP contribution in [-0.4, -0.2) is 48.0 Å². The maximum Gasteiger partial charge on any atom is 0.287 e. The van der Waals surface area contributed by atoms with Crippen molar-refractivity contribution in [1.29, 1.82) is 0 Å². The molecular weight excluding hydrogens is 310 g/mol. The second kappa shape index (κ2) is 8.83. The van der Waals surface area contributed by atoms with Crippen LogP contribution in [0.1, 0.15) is 23.2 Å². The second-order valence-corrected chi connectivity index (χ2v) is 5.25. The van der Waals surface area contributed by atoms with Crippen LogP contribution in [0.2, 0.25) is 0 Å². The van der Waals surface area contributed by atoms with E-state index in [1.165, 1.54) is 6.26 Å². The van der Waals surface area contributed by atoms with E-state index in [0.29, 0.717) is 19.7 Å². The lowest BCUT2D eigenvalue weighted by Gasteiger charge is -2.25. The molecule has 0 aliphatic heterocycles. The van der Waals surface area contributed by atoms with Crippen LogP contribution < -0.4 is 5.32 Å². The van der Waals surface area contributed by atoms with Crippen LogP contribution in [0.15, 0.2) is 47.2 Å². The van der Waals surface area contributed by atoms with Gasteiger partial charge in [0.05, 0.1) is 25.1 Å². The summed E-state index contributed by atoms with van der Waals surface area (Å²) in [5, 5.41) is 2.64. The van der Waals surface area contributed by atoms with Gasteiger partial charge in [0.25, 0.3) is 5.91 Å². The van der Waals surface area contributed by atoms with Crippen LogP contribution in [0.25, 0.3) is 0 Å². The number of methoxy groups -OCH3 is 1. The summed E-state index contributed by atoms with van der Waals surface area (Å²) in [4.78, 5) is 30.5. The fourth-order valence-corrected chi connectivity index (χ4v) is 2.17. The molecule has 24 heavy (non-hydrogen) atoms. The number of carbonyl (C=O) groups is 2. The van der Waals surface area contributed by atoms with Crippen molar-refractivity contribution >= 4 is 11.8 Å². The number of amides is 2. The molecule has 0 saturated carbocycles. The van der Waals surface area contributed by atoms with Gasteiger partial charge >= 0.3 is 0 Å². The van der Waals surface area contributed by atoms with E-state index in [0.717, 1.165) is 5.69 Å². The van der Waals surface area contributed by atoms with Crippen LogP contribution in [0.3, 0.4) is 0 Å². The molecule has 2 rings (SSSR count). The Balaban J connectivity index is 2.01. The zero-order valence-electron chi connectivity index (χ0n) is 13.8. The number of nitrogens with one attached hydrogen (secondary N) is 1. The van der Waals surface area contributed by atoms with E-state index in [4.69, 9.17) is 9.15 Å². The molecule has 0 saturated heterocycles. The van der Waals surface area contributed by atoms with E-state index in [2.05, 4.69) is 10.3 Å². The first-order chi connectivity index (χ1) is 11.6. The Morgan fingerprint density at radius 2 is 2.17 bits per heavy atom. The van der Waals surface area contributed by atoms with Crippen molar-refractivity contribution in [3.05, 3.63) is 54.2 Å². The van der Waals surface area contributed by atoms with Crippen molar-refractivity contribution < 1.29 is 18.7 Å². The Morgan fingerprint density at radius 3 is 2.79 bits per heavy atom. The van der Waals surface area contributed by atoms with Gasteiger partial charge in [-0.25, -0.2) is 0 Å². The summed E-state index contributed by atoms with van der Waals surface area (Å²) in [7, 11) is 1.57. The van der Waals surface area contributed by atoms with Crippen molar-refractivity contribution in [1.82, 2.24) is 15.2 Å². The quantitative estimate of drug-likeness (QED) is 0.792. The Hall–Kier alpha value is -2.67. The molecule has 0 fully saturated rings. The minimum absolute atomic E-state index is 0.169. The summed E-state index contributed by atoms with van der Waals surface area (Å²) in [5.74, 6) is -0.467. The fraction of sp³-hybridized carbons (Fsp3) is 0.353. The van der Waals surface area contributed by atoms with Crippen molar-refractivity contribution in [3.8, 4) is 0 Å². The molecule has 0 bridgehead atoms. The Bertz CT molecular complexity index is 643. The highest BCUT2D eigenvalue weighted by Gasteiger charge is 2.23. The molecule has 128 valence electrons. The molecule has 7 nitrogen and oxygen atoms in total. The number of hydrogen-bond acceptors (Lipinski definition) is 5. The standard InChI is InChI=1S/C17H21N3O4/c1-13(19-16(21)15-7-5-10-24-15)17(22)20(9-11-23-2)12-14-6-3-4-8-18-14/h3-8,10,13H,9,11-12H2,1-2H3,(H,19,21)/t13-/m0/s1. The van der Waals surface area contributed by atoms with Crippen LogP contribution in [0, 0.1) is 0 Å². The topological polar surface area (TPSA) is 84.7 Å². The van der Waals surface area contributed by atoms with Crippen molar-refractivity contribution in [3.63, 3.8) is 0 Å². The summed E-state index contributed by atoms with van der Waals surface area (Å²) in [5.41, 5.74) is 0.770. The predicted octanol–water partition coefficient (Wildman–Crippen LogP) is 1.47. The maximum atomic E-state index is 12.7. The Labute approximate surface area is 140 Å². The van der Waals surface area contributed by atoms with Gasteiger partial charge in [0.15, 0.2) is 5.76 Å². The average molecular weight is 331 g/mol. The Morgan fingerprint density at radius 1 is 1.33 bits per heavy atom. The summed E-state index contributed by atoms with van der Waals surface area (Å²) in [6, 6.07) is 8.00. The molecule has 2 aromatic heterocycles. The summed E-state index contributed by atoms with van der Waals surface area (Å²) in [6.07, 6.45) is 3.09. The van der Waals surface area contributed by atoms with Gasteiger partial charge in [0, 0.05) is 19.9 Å². The zero-order valence-corrected chi connectivity index (χ0v) is 13.8. The van der Waals surface area contributed by atoms with Crippen LogP contribution >= 0.6 is 0 Å². The minimum atomic E-state index is -0.692. The molecule has 0 unspecified atom stereocenters. The van der Waals surface area contributed by atoms with Gasteiger partial charge in [-0.2, -0.15) is 0 Å². The number of nitrogens with zero attached hydrogens (tertiary/aromatic N) is 2. The third-order valence-corrected chi connectivity index (χ3v) is 3.42. The molecule has 0 aliphatic carbocycles. The van der Waals surface area contributed by atoms with Crippen LogP contribution in [-0.2, 0) is 16.1 Å². The van der Waals surface area contributed by atoms with E-state index in [-0.39, 0.29) is 11.7 Å². The number of ether oxygens (including phenoxy) is 1.